The molecule has 0 radical (unpaired) electrons. The quantitative estimate of drug-likeness (QED) is 0.711. The minimum absolute atomic E-state index is 0.0392. The van der Waals surface area contributed by atoms with Crippen LogP contribution in [0.5, 0.6) is 0 Å². The van der Waals surface area contributed by atoms with Crippen molar-refractivity contribution in [2.75, 3.05) is 7.11 Å². The highest BCUT2D eigenvalue weighted by Gasteiger charge is 3.10. The first-order chi connectivity index (χ1) is 12.0. The van der Waals surface area contributed by atoms with Crippen LogP contribution in [-0.4, -0.2) is 33.2 Å². The van der Waals surface area contributed by atoms with E-state index in [4.69, 9.17) is 27.9 Å². The molecular formula is C21H20Cl2O2. The molecule has 12 fully saturated rings. The fourth-order valence-electron chi connectivity index (χ4n) is 15.6. The number of hydrogen-bond donors (Lipinski definition) is 1. The molecule has 2 nitrogen and oxygen atoms in total. The highest BCUT2D eigenvalue weighted by molar-refractivity contribution is 6.28. The monoisotopic (exact) mass is 374 g/mol. The molecule has 0 saturated heterocycles. The Morgan fingerprint density at radius 2 is 0.960 bits per heavy atom. The van der Waals surface area contributed by atoms with Crippen molar-refractivity contribution in [3.8, 4) is 0 Å². The second-order valence-electron chi connectivity index (χ2n) is 12.2. The van der Waals surface area contributed by atoms with E-state index < -0.39 is 5.60 Å². The Balaban J connectivity index is 1.46. The smallest absolute Gasteiger partial charge is 0.0942 e. The van der Waals surface area contributed by atoms with Crippen molar-refractivity contribution in [3.05, 3.63) is 0 Å². The van der Waals surface area contributed by atoms with Gasteiger partial charge in [-0.15, -0.1) is 23.2 Å². The number of methoxy groups -OCH3 is 1. The fourth-order valence-corrected chi connectivity index (χ4v) is 17.4. The maximum absolute atomic E-state index is 12.4. The van der Waals surface area contributed by atoms with Crippen molar-refractivity contribution in [2.24, 2.45) is 94.7 Å². The van der Waals surface area contributed by atoms with E-state index in [9.17, 15) is 5.11 Å². The molecule has 0 bridgehead atoms. The van der Waals surface area contributed by atoms with Gasteiger partial charge in [-0.2, -0.15) is 0 Å². The lowest BCUT2D eigenvalue weighted by atomic mass is 9.72. The standard InChI is InChI=1S/C21H20Cl2O2/c1-25-21-16-6-4-10-2-3-11-5-7(13(3)19(21,23)12(2)6)17(21)9-8(16)14(4)20(24,15(5)9)18(10,11)22/h2-17,24H,1H3/t2-,3-,4-,5+,6+,7-,8-,9-,10+,11-,12-,13+,14+,15-,16-,17+,18?,19?,20?,21?/m0/s1. The van der Waals surface area contributed by atoms with Crippen LogP contribution < -0.4 is 0 Å². The minimum Gasteiger partial charge on any atom is -0.387 e. The molecule has 0 aromatic heterocycles. The number of aliphatic hydroxyl groups is 1. The Hall–Kier alpha value is 0.500. The van der Waals surface area contributed by atoms with Crippen molar-refractivity contribution in [2.45, 2.75) is 21.0 Å². The molecule has 4 unspecified atom stereocenters. The Morgan fingerprint density at radius 1 is 0.600 bits per heavy atom. The molecule has 25 heavy (non-hydrogen) atoms. The normalized spacial score (nSPS) is 101. The van der Waals surface area contributed by atoms with Crippen LogP contribution in [0.15, 0.2) is 0 Å². The van der Waals surface area contributed by atoms with Crippen LogP contribution in [-0.2, 0) is 4.74 Å². The largest absolute Gasteiger partial charge is 0.387 e. The first-order valence-corrected chi connectivity index (χ1v) is 11.4. The summed E-state index contributed by atoms with van der Waals surface area (Å²) in [7, 11) is 1.99. The van der Waals surface area contributed by atoms with Crippen molar-refractivity contribution in [1.29, 1.82) is 0 Å². The lowest BCUT2D eigenvalue weighted by molar-refractivity contribution is -0.0944. The fraction of sp³-hybridized carbons (Fsp3) is 1.00. The van der Waals surface area contributed by atoms with Gasteiger partial charge in [0, 0.05) is 7.11 Å². The topological polar surface area (TPSA) is 29.5 Å². The second kappa shape index (κ2) is 2.50. The predicted octanol–water partition coefficient (Wildman–Crippen LogP) is 2.07. The summed E-state index contributed by atoms with van der Waals surface area (Å²) >= 11 is 15.5. The minimum atomic E-state index is -0.527. The third kappa shape index (κ3) is 0.555. The van der Waals surface area contributed by atoms with Gasteiger partial charge in [-0.3, -0.25) is 0 Å². The molecule has 12 saturated carbocycles. The summed E-state index contributed by atoms with van der Waals surface area (Å²) in [6.45, 7) is 0. The van der Waals surface area contributed by atoms with Crippen LogP contribution in [0, 0.1) is 94.7 Å². The van der Waals surface area contributed by atoms with Crippen LogP contribution in [0.1, 0.15) is 0 Å². The van der Waals surface area contributed by atoms with Gasteiger partial charge in [0.05, 0.1) is 21.0 Å². The van der Waals surface area contributed by atoms with Gasteiger partial charge < -0.3 is 9.84 Å². The molecule has 12 aliphatic carbocycles. The van der Waals surface area contributed by atoms with Crippen molar-refractivity contribution in [1.82, 2.24) is 0 Å². The van der Waals surface area contributed by atoms with E-state index in [-0.39, 0.29) is 15.3 Å². The maximum Gasteiger partial charge on any atom is 0.0942 e. The molecule has 0 amide bonds. The van der Waals surface area contributed by atoms with Crippen LogP contribution in [0.2, 0.25) is 0 Å². The molecule has 130 valence electrons. The van der Waals surface area contributed by atoms with Crippen molar-refractivity contribution >= 4 is 23.2 Å². The zero-order chi connectivity index (χ0) is 15.9. The molecule has 12 aliphatic rings. The summed E-state index contributed by atoms with van der Waals surface area (Å²) in [5.74, 6) is 10.4. The van der Waals surface area contributed by atoms with Gasteiger partial charge in [0.15, 0.2) is 0 Å². The lowest BCUT2D eigenvalue weighted by Gasteiger charge is -2.46. The van der Waals surface area contributed by atoms with Gasteiger partial charge >= 0.3 is 0 Å². The van der Waals surface area contributed by atoms with Gasteiger partial charge in [-0.25, -0.2) is 0 Å². The van der Waals surface area contributed by atoms with Gasteiger partial charge in [-0.05, 0) is 94.7 Å². The van der Waals surface area contributed by atoms with Gasteiger partial charge in [0.25, 0.3) is 0 Å². The van der Waals surface area contributed by atoms with Gasteiger partial charge in [0.1, 0.15) is 0 Å². The third-order valence-corrected chi connectivity index (χ3v) is 15.5. The molecule has 0 aromatic rings. The predicted molar refractivity (Wildman–Crippen MR) is 87.7 cm³/mol. The van der Waals surface area contributed by atoms with Crippen molar-refractivity contribution < 1.29 is 9.84 Å². The molecule has 0 aliphatic heterocycles. The van der Waals surface area contributed by atoms with Crippen LogP contribution in [0.4, 0.5) is 0 Å². The summed E-state index contributed by atoms with van der Waals surface area (Å²) in [5.41, 5.74) is -0.566. The van der Waals surface area contributed by atoms with E-state index in [2.05, 4.69) is 0 Å². The molecule has 1 N–H and O–H groups in total. The molecule has 0 aromatic carbocycles. The van der Waals surface area contributed by atoms with Crippen LogP contribution in [0.25, 0.3) is 0 Å². The lowest BCUT2D eigenvalue weighted by Crippen LogP contribution is -2.58. The molecule has 20 atom stereocenters. The Bertz CT molecular complexity index is 852. The van der Waals surface area contributed by atoms with Gasteiger partial charge in [0.2, 0.25) is 0 Å². The van der Waals surface area contributed by atoms with Crippen LogP contribution >= 0.6 is 23.2 Å². The Kier molecular flexibility index (Phi) is 1.22. The first-order valence-electron chi connectivity index (χ1n) is 10.7. The maximum atomic E-state index is 12.4. The van der Waals surface area contributed by atoms with E-state index in [0.29, 0.717) is 71.0 Å². The second-order valence-corrected chi connectivity index (χ2v) is 13.4. The zero-order valence-corrected chi connectivity index (χ0v) is 15.4. The van der Waals surface area contributed by atoms with E-state index in [1.807, 2.05) is 7.11 Å². The SMILES string of the molecule is COC12[C@H]3[C@@H]4[C@@H]5[C@@H]6[C@@H]3[C@H]3[C@@H]7[C@@H]8[C@@H]([C@H]9[C@H]%10[C@@H]([C@H]5C(Cl)([C@H]8%10)C67O)[C@@H]4C91Cl)[C@H]32. The zero-order valence-electron chi connectivity index (χ0n) is 13.8. The number of halogens is 2. The summed E-state index contributed by atoms with van der Waals surface area (Å²) in [5, 5.41) is 12.4. The third-order valence-electron chi connectivity index (χ3n) is 13.9. The average molecular weight is 375 g/mol. The van der Waals surface area contributed by atoms with Gasteiger partial charge in [-0.1, -0.05) is 0 Å². The van der Waals surface area contributed by atoms with E-state index in [1.54, 1.807) is 0 Å². The molecule has 0 spiro atoms. The summed E-state index contributed by atoms with van der Waals surface area (Å²) < 4.78 is 6.63. The summed E-state index contributed by atoms with van der Waals surface area (Å²) in [6, 6.07) is 0. The molecule has 4 heteroatoms. The van der Waals surface area contributed by atoms with Crippen molar-refractivity contribution in [3.63, 3.8) is 0 Å². The molecule has 0 heterocycles. The highest BCUT2D eigenvalue weighted by Crippen LogP contribution is 3.06. The summed E-state index contributed by atoms with van der Waals surface area (Å²) in [4.78, 5) is -0.339. The summed E-state index contributed by atoms with van der Waals surface area (Å²) in [6.07, 6.45) is 0. The number of hydrogen-bond acceptors (Lipinski definition) is 2. The van der Waals surface area contributed by atoms with E-state index >= 15 is 0 Å². The molecule has 12 rings (SSSR count). The highest BCUT2D eigenvalue weighted by atomic mass is 35.5. The Labute approximate surface area is 155 Å². The van der Waals surface area contributed by atoms with Crippen LogP contribution in [0.3, 0.4) is 0 Å². The number of rotatable bonds is 1. The Morgan fingerprint density at radius 3 is 1.44 bits per heavy atom. The number of alkyl halides is 2. The van der Waals surface area contributed by atoms with E-state index in [0.717, 1.165) is 23.7 Å². The van der Waals surface area contributed by atoms with E-state index in [1.165, 1.54) is 0 Å². The molecular weight excluding hydrogens is 355 g/mol. The first kappa shape index (κ1) is 12.1. The average Bonchev–Trinajstić information content (AvgIpc) is 3.31. The number of ether oxygens (including phenoxy) is 1.